The van der Waals surface area contributed by atoms with Crippen molar-refractivity contribution in [1.29, 1.82) is 0 Å². The number of carbonyl (C=O) groups excluding carboxylic acids is 1. The highest BCUT2D eigenvalue weighted by Crippen LogP contribution is 2.35. The minimum Gasteiger partial charge on any atom is -0.464 e. The van der Waals surface area contributed by atoms with Gasteiger partial charge in [-0.2, -0.15) is 0 Å². The van der Waals surface area contributed by atoms with Crippen LogP contribution in [0.15, 0.2) is 28.9 Å². The van der Waals surface area contributed by atoms with E-state index in [2.05, 4.69) is 0 Å². The summed E-state index contributed by atoms with van der Waals surface area (Å²) >= 11 is 0. The molecule has 25 heavy (non-hydrogen) atoms. The first-order valence-electron chi connectivity index (χ1n) is 8.23. The lowest BCUT2D eigenvalue weighted by atomic mass is 9.94. The molecule has 1 atom stereocenters. The van der Waals surface area contributed by atoms with Gasteiger partial charge in [-0.05, 0) is 51.8 Å². The van der Waals surface area contributed by atoms with E-state index in [0.717, 1.165) is 6.07 Å². The van der Waals surface area contributed by atoms with Crippen LogP contribution in [-0.4, -0.2) is 29.2 Å². The zero-order chi connectivity index (χ0) is 18.4. The summed E-state index contributed by atoms with van der Waals surface area (Å²) in [4.78, 5) is 13.9. The van der Waals surface area contributed by atoms with E-state index in [-0.39, 0.29) is 11.6 Å². The summed E-state index contributed by atoms with van der Waals surface area (Å²) in [5.74, 6) is -1.83. The average molecular weight is 349 g/mol. The maximum absolute atomic E-state index is 14.4. The van der Waals surface area contributed by atoms with Crippen molar-refractivity contribution in [3.05, 3.63) is 41.7 Å². The van der Waals surface area contributed by atoms with Gasteiger partial charge >= 0.3 is 6.09 Å². The van der Waals surface area contributed by atoms with Crippen LogP contribution in [0.3, 0.4) is 0 Å². The zero-order valence-corrected chi connectivity index (χ0v) is 14.7. The second-order valence-electron chi connectivity index (χ2n) is 7.24. The molecule has 1 aliphatic heterocycles. The minimum absolute atomic E-state index is 0.135. The second-order valence-corrected chi connectivity index (χ2v) is 7.24. The van der Waals surface area contributed by atoms with Crippen LogP contribution in [0.2, 0.25) is 0 Å². The maximum Gasteiger partial charge on any atom is 0.410 e. The average Bonchev–Trinajstić information content (AvgIpc) is 2.93. The molecule has 134 valence electrons. The lowest BCUT2D eigenvalue weighted by Gasteiger charge is -2.34. The van der Waals surface area contributed by atoms with Crippen molar-refractivity contribution >= 4 is 22.6 Å². The van der Waals surface area contributed by atoms with Gasteiger partial charge in [0.2, 0.25) is 0 Å². The van der Waals surface area contributed by atoms with Crippen molar-refractivity contribution in [2.45, 2.75) is 45.8 Å². The number of hydrogen-bond donors (Lipinski definition) is 0. The Morgan fingerprint density at radius 1 is 1.36 bits per heavy atom. The predicted molar refractivity (Wildman–Crippen MR) is 91.1 cm³/mol. The number of fused-ring (bicyclic) bond motifs is 1. The smallest absolute Gasteiger partial charge is 0.410 e. The van der Waals surface area contributed by atoms with E-state index in [1.165, 1.54) is 6.26 Å². The number of halogens is 2. The molecule has 1 amide bonds. The van der Waals surface area contributed by atoms with Gasteiger partial charge in [-0.3, -0.25) is 0 Å². The summed E-state index contributed by atoms with van der Waals surface area (Å²) in [5, 5.41) is 0.511. The highest BCUT2D eigenvalue weighted by Gasteiger charge is 2.30. The lowest BCUT2D eigenvalue weighted by molar-refractivity contribution is 0.0209. The van der Waals surface area contributed by atoms with Crippen LogP contribution in [0, 0.1) is 11.6 Å². The first-order valence-corrected chi connectivity index (χ1v) is 8.23. The molecule has 0 aliphatic carbocycles. The van der Waals surface area contributed by atoms with Gasteiger partial charge in [-0.1, -0.05) is 6.08 Å². The van der Waals surface area contributed by atoms with E-state index in [4.69, 9.17) is 9.15 Å². The number of hydrogen-bond acceptors (Lipinski definition) is 3. The Morgan fingerprint density at radius 3 is 2.72 bits per heavy atom. The summed E-state index contributed by atoms with van der Waals surface area (Å²) in [6.45, 7) is 7.59. The van der Waals surface area contributed by atoms with Gasteiger partial charge in [-0.15, -0.1) is 0 Å². The summed E-state index contributed by atoms with van der Waals surface area (Å²) in [7, 11) is 0. The third-order valence-corrected chi connectivity index (χ3v) is 4.14. The van der Waals surface area contributed by atoms with E-state index < -0.39 is 23.3 Å². The van der Waals surface area contributed by atoms with Crippen LogP contribution in [0.5, 0.6) is 0 Å². The van der Waals surface area contributed by atoms with E-state index in [1.807, 2.05) is 6.92 Å². The molecule has 0 bridgehead atoms. The molecular formula is C19H21F2NO3. The predicted octanol–water partition coefficient (Wildman–Crippen LogP) is 5.12. The van der Waals surface area contributed by atoms with Crippen LogP contribution in [-0.2, 0) is 4.74 Å². The van der Waals surface area contributed by atoms with Crippen molar-refractivity contribution in [1.82, 2.24) is 4.90 Å². The van der Waals surface area contributed by atoms with Crippen LogP contribution in [0.4, 0.5) is 13.6 Å². The fourth-order valence-corrected chi connectivity index (χ4v) is 3.04. The van der Waals surface area contributed by atoms with E-state index >= 15 is 0 Å². The normalized spacial score (nSPS) is 18.4. The number of amides is 1. The third-order valence-electron chi connectivity index (χ3n) is 4.14. The molecule has 0 spiro atoms. The number of benzene rings is 1. The van der Waals surface area contributed by atoms with Crippen LogP contribution in [0.1, 0.15) is 39.7 Å². The van der Waals surface area contributed by atoms with Crippen molar-refractivity contribution in [3.8, 4) is 0 Å². The molecule has 2 heterocycles. The molecular weight excluding hydrogens is 328 g/mol. The van der Waals surface area contributed by atoms with Crippen molar-refractivity contribution in [2.24, 2.45) is 0 Å². The molecule has 0 fully saturated rings. The fourth-order valence-electron chi connectivity index (χ4n) is 3.04. The molecule has 6 heteroatoms. The first-order chi connectivity index (χ1) is 11.7. The van der Waals surface area contributed by atoms with Gasteiger partial charge in [0.1, 0.15) is 11.2 Å². The Bertz CT molecular complexity index is 848. The van der Waals surface area contributed by atoms with Gasteiger partial charge in [0.05, 0.1) is 17.9 Å². The molecule has 1 aromatic carbocycles. The molecule has 0 saturated heterocycles. The third kappa shape index (κ3) is 3.38. The Morgan fingerprint density at radius 2 is 2.08 bits per heavy atom. The van der Waals surface area contributed by atoms with Crippen LogP contribution in [0.25, 0.3) is 16.5 Å². The monoisotopic (exact) mass is 349 g/mol. The molecule has 0 radical (unpaired) electrons. The van der Waals surface area contributed by atoms with Gasteiger partial charge < -0.3 is 14.1 Å². The SMILES string of the molecule is CC1C=C(c2c(F)c(F)cc3ccoc23)CCN1C(=O)OC(C)(C)C. The molecule has 1 aromatic heterocycles. The Hall–Kier alpha value is -2.37. The minimum atomic E-state index is -0.924. The molecule has 1 unspecified atom stereocenters. The molecule has 2 aromatic rings. The maximum atomic E-state index is 14.4. The number of rotatable bonds is 1. The van der Waals surface area contributed by atoms with Gasteiger partial charge in [0.25, 0.3) is 0 Å². The summed E-state index contributed by atoms with van der Waals surface area (Å²) in [6, 6.07) is 2.42. The number of carbonyl (C=O) groups is 1. The fraction of sp³-hybridized carbons (Fsp3) is 0.421. The summed E-state index contributed by atoms with van der Waals surface area (Å²) in [5.41, 5.74) is 0.499. The van der Waals surface area contributed by atoms with Crippen LogP contribution < -0.4 is 0 Å². The Balaban J connectivity index is 1.94. The standard InChI is InChI=1S/C19H21F2NO3/c1-11-9-12(5-7-22(11)18(23)25-19(2,3)4)15-16(21)14(20)10-13-6-8-24-17(13)15/h6,8-11H,5,7H2,1-4H3. The summed E-state index contributed by atoms with van der Waals surface area (Å²) in [6.07, 6.45) is 3.14. The van der Waals surface area contributed by atoms with Crippen molar-refractivity contribution in [3.63, 3.8) is 0 Å². The summed E-state index contributed by atoms with van der Waals surface area (Å²) < 4.78 is 39.1. The molecule has 1 aliphatic rings. The first kappa shape index (κ1) is 17.5. The topological polar surface area (TPSA) is 42.7 Å². The second kappa shape index (κ2) is 6.17. The molecule has 4 nitrogen and oxygen atoms in total. The van der Waals surface area contributed by atoms with Crippen molar-refractivity contribution < 1.29 is 22.7 Å². The van der Waals surface area contributed by atoms with Crippen molar-refractivity contribution in [2.75, 3.05) is 6.54 Å². The van der Waals surface area contributed by atoms with E-state index in [0.29, 0.717) is 29.5 Å². The molecule has 0 N–H and O–H groups in total. The Labute approximate surface area is 145 Å². The molecule has 0 saturated carbocycles. The van der Waals surface area contributed by atoms with Gasteiger partial charge in [0, 0.05) is 11.9 Å². The highest BCUT2D eigenvalue weighted by atomic mass is 19.2. The number of furan rings is 1. The number of nitrogens with zero attached hydrogens (tertiary/aromatic N) is 1. The quantitative estimate of drug-likeness (QED) is 0.717. The van der Waals surface area contributed by atoms with Gasteiger partial charge in [-0.25, -0.2) is 13.6 Å². The van der Waals surface area contributed by atoms with E-state index in [1.54, 1.807) is 37.8 Å². The lowest BCUT2D eigenvalue weighted by Crippen LogP contribution is -2.43. The van der Waals surface area contributed by atoms with Gasteiger partial charge in [0.15, 0.2) is 11.6 Å². The van der Waals surface area contributed by atoms with E-state index in [9.17, 15) is 13.6 Å². The zero-order valence-electron chi connectivity index (χ0n) is 14.7. The largest absolute Gasteiger partial charge is 0.464 e. The Kier molecular flexibility index (Phi) is 4.31. The highest BCUT2D eigenvalue weighted by molar-refractivity contribution is 5.91. The number of ether oxygens (including phenoxy) is 1. The molecule has 3 rings (SSSR count). The van der Waals surface area contributed by atoms with Crippen LogP contribution >= 0.6 is 0 Å².